The van der Waals surface area contributed by atoms with Gasteiger partial charge in [-0.25, -0.2) is 9.97 Å². The first-order chi connectivity index (χ1) is 8.19. The molecule has 0 radical (unpaired) electrons. The molecule has 0 aromatic carbocycles. The van der Waals surface area contributed by atoms with Crippen LogP contribution in [0.5, 0.6) is 0 Å². The van der Waals surface area contributed by atoms with E-state index in [0.29, 0.717) is 5.92 Å². The van der Waals surface area contributed by atoms with Gasteiger partial charge in [-0.2, -0.15) is 0 Å². The van der Waals surface area contributed by atoms with Gasteiger partial charge < -0.3 is 10.2 Å². The Kier molecular flexibility index (Phi) is 5.91. The van der Waals surface area contributed by atoms with Crippen molar-refractivity contribution >= 4 is 5.82 Å². The fraction of sp³-hybridized carbons (Fsp3) is 0.692. The highest BCUT2D eigenvalue weighted by atomic mass is 15.2. The predicted molar refractivity (Wildman–Crippen MR) is 72.1 cm³/mol. The number of rotatable bonds is 7. The predicted octanol–water partition coefficient (Wildman–Crippen LogP) is 2.07. The second-order valence-electron chi connectivity index (χ2n) is 4.55. The van der Waals surface area contributed by atoms with Crippen molar-refractivity contribution in [1.29, 1.82) is 0 Å². The lowest BCUT2D eigenvalue weighted by Gasteiger charge is -2.23. The molecule has 0 bridgehead atoms. The van der Waals surface area contributed by atoms with E-state index >= 15 is 0 Å². The maximum Gasteiger partial charge on any atom is 0.136 e. The Morgan fingerprint density at radius 2 is 2.18 bits per heavy atom. The van der Waals surface area contributed by atoms with Crippen LogP contribution in [0.4, 0.5) is 5.82 Å². The maximum atomic E-state index is 4.39. The van der Waals surface area contributed by atoms with Crippen LogP contribution >= 0.6 is 0 Å². The van der Waals surface area contributed by atoms with Crippen LogP contribution in [0.15, 0.2) is 12.5 Å². The van der Waals surface area contributed by atoms with E-state index in [1.165, 1.54) is 12.0 Å². The summed E-state index contributed by atoms with van der Waals surface area (Å²) in [5.74, 6) is 1.73. The van der Waals surface area contributed by atoms with Crippen molar-refractivity contribution in [3.8, 4) is 0 Å². The monoisotopic (exact) mass is 236 g/mol. The molecule has 1 atom stereocenters. The van der Waals surface area contributed by atoms with Gasteiger partial charge >= 0.3 is 0 Å². The quantitative estimate of drug-likeness (QED) is 0.787. The Morgan fingerprint density at radius 3 is 2.82 bits per heavy atom. The molecule has 0 aliphatic carbocycles. The summed E-state index contributed by atoms with van der Waals surface area (Å²) in [5.41, 5.74) is 1.17. The zero-order valence-corrected chi connectivity index (χ0v) is 11.4. The number of anilines is 1. The minimum absolute atomic E-state index is 0.682. The van der Waals surface area contributed by atoms with Crippen LogP contribution in [0, 0.1) is 5.92 Å². The average Bonchev–Trinajstić information content (AvgIpc) is 2.36. The van der Waals surface area contributed by atoms with Gasteiger partial charge in [0.1, 0.15) is 12.1 Å². The fourth-order valence-electron chi connectivity index (χ4n) is 1.76. The molecule has 96 valence electrons. The van der Waals surface area contributed by atoms with Gasteiger partial charge in [0, 0.05) is 31.9 Å². The number of nitrogens with one attached hydrogen (secondary N) is 1. The molecular weight excluding hydrogens is 212 g/mol. The van der Waals surface area contributed by atoms with Crippen molar-refractivity contribution in [3.05, 3.63) is 18.1 Å². The normalized spacial score (nSPS) is 12.5. The van der Waals surface area contributed by atoms with E-state index in [2.05, 4.69) is 48.0 Å². The van der Waals surface area contributed by atoms with E-state index in [1.54, 1.807) is 6.33 Å². The van der Waals surface area contributed by atoms with Crippen molar-refractivity contribution in [1.82, 2.24) is 15.3 Å². The molecule has 0 fully saturated rings. The zero-order chi connectivity index (χ0) is 12.7. The topological polar surface area (TPSA) is 41.1 Å². The number of hydrogen-bond donors (Lipinski definition) is 1. The molecule has 0 saturated heterocycles. The number of nitrogens with zero attached hydrogens (tertiary/aromatic N) is 3. The zero-order valence-electron chi connectivity index (χ0n) is 11.4. The van der Waals surface area contributed by atoms with Gasteiger partial charge in [-0.3, -0.25) is 0 Å². The molecular formula is C13H24N4. The summed E-state index contributed by atoms with van der Waals surface area (Å²) < 4.78 is 0. The largest absolute Gasteiger partial charge is 0.359 e. The Labute approximate surface area is 104 Å². The van der Waals surface area contributed by atoms with Crippen molar-refractivity contribution < 1.29 is 0 Å². The van der Waals surface area contributed by atoms with Crippen LogP contribution in [0.25, 0.3) is 0 Å². The average molecular weight is 236 g/mol. The lowest BCUT2D eigenvalue weighted by atomic mass is 10.1. The summed E-state index contributed by atoms with van der Waals surface area (Å²) in [6.45, 7) is 9.42. The van der Waals surface area contributed by atoms with Crippen LogP contribution in [0.2, 0.25) is 0 Å². The van der Waals surface area contributed by atoms with Gasteiger partial charge in [0.05, 0.1) is 0 Å². The van der Waals surface area contributed by atoms with Crippen molar-refractivity contribution in [3.63, 3.8) is 0 Å². The second kappa shape index (κ2) is 7.22. The molecule has 4 nitrogen and oxygen atoms in total. The number of hydrogen-bond acceptors (Lipinski definition) is 4. The highest BCUT2D eigenvalue weighted by Gasteiger charge is 2.11. The first-order valence-corrected chi connectivity index (χ1v) is 6.39. The summed E-state index contributed by atoms with van der Waals surface area (Å²) in [6.07, 6.45) is 4.72. The molecule has 1 aromatic rings. The number of aromatic nitrogens is 2. The van der Waals surface area contributed by atoms with Crippen LogP contribution in [-0.4, -0.2) is 30.1 Å². The Hall–Kier alpha value is -1.16. The highest BCUT2D eigenvalue weighted by Crippen LogP contribution is 2.16. The van der Waals surface area contributed by atoms with E-state index < -0.39 is 0 Å². The first-order valence-electron chi connectivity index (χ1n) is 6.39. The third-order valence-corrected chi connectivity index (χ3v) is 2.97. The van der Waals surface area contributed by atoms with Gasteiger partial charge in [0.2, 0.25) is 0 Å². The molecule has 0 spiro atoms. The van der Waals surface area contributed by atoms with E-state index in [-0.39, 0.29) is 0 Å². The Balaban J connectivity index is 2.73. The van der Waals surface area contributed by atoms with Crippen LogP contribution < -0.4 is 10.2 Å². The van der Waals surface area contributed by atoms with Gasteiger partial charge in [-0.05, 0) is 12.5 Å². The maximum absolute atomic E-state index is 4.39. The summed E-state index contributed by atoms with van der Waals surface area (Å²) in [7, 11) is 2.10. The SMILES string of the molecule is CCNCc1cncnc1N(C)CC(C)CC. The lowest BCUT2D eigenvalue weighted by molar-refractivity contribution is 0.556. The molecule has 0 amide bonds. The molecule has 0 aliphatic rings. The van der Waals surface area contributed by atoms with E-state index in [1.807, 2.05) is 6.20 Å². The minimum Gasteiger partial charge on any atom is -0.359 e. The molecule has 1 unspecified atom stereocenters. The highest BCUT2D eigenvalue weighted by molar-refractivity contribution is 5.44. The van der Waals surface area contributed by atoms with Crippen LogP contribution in [0.1, 0.15) is 32.8 Å². The molecule has 1 heterocycles. The molecule has 1 rings (SSSR count). The van der Waals surface area contributed by atoms with E-state index in [9.17, 15) is 0 Å². The Morgan fingerprint density at radius 1 is 1.41 bits per heavy atom. The van der Waals surface area contributed by atoms with Gasteiger partial charge in [0.15, 0.2) is 0 Å². The molecule has 0 aliphatic heterocycles. The fourth-order valence-corrected chi connectivity index (χ4v) is 1.76. The lowest BCUT2D eigenvalue weighted by Crippen LogP contribution is -2.27. The Bertz CT molecular complexity index is 327. The van der Waals surface area contributed by atoms with E-state index in [4.69, 9.17) is 0 Å². The second-order valence-corrected chi connectivity index (χ2v) is 4.55. The van der Waals surface area contributed by atoms with Crippen LogP contribution in [-0.2, 0) is 6.54 Å². The van der Waals surface area contributed by atoms with Gasteiger partial charge in [-0.1, -0.05) is 27.2 Å². The van der Waals surface area contributed by atoms with Gasteiger partial charge in [-0.15, -0.1) is 0 Å². The standard InChI is InChI=1S/C13H24N4/c1-5-11(3)9-17(4)13-12(7-14-6-2)8-15-10-16-13/h8,10-11,14H,5-7,9H2,1-4H3. The summed E-state index contributed by atoms with van der Waals surface area (Å²) >= 11 is 0. The molecule has 1 N–H and O–H groups in total. The summed E-state index contributed by atoms with van der Waals surface area (Å²) in [5, 5.41) is 3.32. The van der Waals surface area contributed by atoms with Crippen LogP contribution in [0.3, 0.4) is 0 Å². The first kappa shape index (κ1) is 13.9. The molecule has 17 heavy (non-hydrogen) atoms. The van der Waals surface area contributed by atoms with E-state index in [0.717, 1.165) is 25.5 Å². The summed E-state index contributed by atoms with van der Waals surface area (Å²) in [4.78, 5) is 10.7. The smallest absolute Gasteiger partial charge is 0.136 e. The minimum atomic E-state index is 0.682. The molecule has 1 aromatic heterocycles. The van der Waals surface area contributed by atoms with Gasteiger partial charge in [0.25, 0.3) is 0 Å². The van der Waals surface area contributed by atoms with Crippen molar-refractivity contribution in [2.75, 3.05) is 25.0 Å². The van der Waals surface area contributed by atoms with Crippen molar-refractivity contribution in [2.45, 2.75) is 33.7 Å². The molecule has 4 heteroatoms. The van der Waals surface area contributed by atoms with Crippen molar-refractivity contribution in [2.24, 2.45) is 5.92 Å². The third kappa shape index (κ3) is 4.30. The summed E-state index contributed by atoms with van der Waals surface area (Å²) in [6, 6.07) is 0. The molecule has 0 saturated carbocycles. The third-order valence-electron chi connectivity index (χ3n) is 2.97.